The number of halogens is 7. The molecule has 0 aliphatic carbocycles. The summed E-state index contributed by atoms with van der Waals surface area (Å²) in [5.74, 6) is -14.9. The van der Waals surface area contributed by atoms with Gasteiger partial charge in [-0.15, -0.1) is 0 Å². The number of hydrogen-bond acceptors (Lipinski definition) is 5. The van der Waals surface area contributed by atoms with Crippen LogP contribution < -0.4 is 10.6 Å². The number of carbonyl (C=O) groups excluding carboxylic acids is 3. The fourth-order valence-corrected chi connectivity index (χ4v) is 1.71. The molecule has 0 fully saturated rings. The average molecular weight is 428 g/mol. The number of rotatable bonds is 9. The highest BCUT2D eigenvalue weighted by molar-refractivity contribution is 5.88. The minimum absolute atomic E-state index is 0.0891. The maximum absolute atomic E-state index is 13.0. The van der Waals surface area contributed by atoms with Crippen molar-refractivity contribution in [1.29, 1.82) is 0 Å². The fourth-order valence-electron chi connectivity index (χ4n) is 1.71. The van der Waals surface area contributed by atoms with Gasteiger partial charge < -0.3 is 20.1 Å². The van der Waals surface area contributed by atoms with Crippen LogP contribution in [0.5, 0.6) is 0 Å². The fraction of sp³-hybridized carbons (Fsp3) is 0.786. The summed E-state index contributed by atoms with van der Waals surface area (Å²) in [5, 5.41) is 4.03. The zero-order valence-electron chi connectivity index (χ0n) is 15.0. The number of esters is 1. The van der Waals surface area contributed by atoms with Crippen molar-refractivity contribution < 1.29 is 54.6 Å². The van der Waals surface area contributed by atoms with Crippen LogP contribution >= 0.6 is 0 Å². The lowest BCUT2D eigenvalue weighted by atomic mass is 10.0. The second kappa shape index (κ2) is 9.78. The van der Waals surface area contributed by atoms with Gasteiger partial charge in [0.2, 0.25) is 5.91 Å². The van der Waals surface area contributed by atoms with Crippen LogP contribution in [0.25, 0.3) is 0 Å². The Balaban J connectivity index is 4.75. The summed E-state index contributed by atoms with van der Waals surface area (Å²) in [6.45, 7) is -0.277. The van der Waals surface area contributed by atoms with Crippen LogP contribution in [0.15, 0.2) is 0 Å². The first-order valence-corrected chi connectivity index (χ1v) is 7.65. The summed E-state index contributed by atoms with van der Waals surface area (Å²) in [4.78, 5) is 34.4. The topological polar surface area (TPSA) is 93.7 Å². The Morgan fingerprint density at radius 3 is 1.96 bits per heavy atom. The summed E-state index contributed by atoms with van der Waals surface area (Å²) in [6.07, 6.45) is -7.44. The molecule has 0 aromatic carbocycles. The lowest BCUT2D eigenvalue weighted by Crippen LogP contribution is -2.54. The number of methoxy groups -OCH3 is 1. The van der Waals surface area contributed by atoms with Crippen LogP contribution in [0.2, 0.25) is 0 Å². The Hall–Kier alpha value is -2.28. The van der Waals surface area contributed by atoms with Crippen molar-refractivity contribution in [2.45, 2.75) is 44.3 Å². The van der Waals surface area contributed by atoms with Gasteiger partial charge in [-0.05, 0) is 12.3 Å². The van der Waals surface area contributed by atoms with Gasteiger partial charge in [-0.25, -0.2) is 4.79 Å². The van der Waals surface area contributed by atoms with Gasteiger partial charge >= 0.3 is 30.1 Å². The molecule has 0 aromatic rings. The number of hydrogen-bond donors (Lipinski definition) is 2. The van der Waals surface area contributed by atoms with E-state index in [1.165, 1.54) is 0 Å². The zero-order valence-corrected chi connectivity index (χ0v) is 15.0. The lowest BCUT2D eigenvalue weighted by molar-refractivity contribution is -0.359. The van der Waals surface area contributed by atoms with Crippen LogP contribution in [0, 0.1) is 5.92 Å². The van der Waals surface area contributed by atoms with E-state index in [9.17, 15) is 45.1 Å². The lowest BCUT2D eigenvalue weighted by Gasteiger charge is -2.27. The van der Waals surface area contributed by atoms with Crippen molar-refractivity contribution in [3.05, 3.63) is 0 Å². The SMILES string of the molecule is COC(=O)NC(CC(C)C)C(=O)NCC(=O)OCC(F)(F)C(F)(F)C(F)(F)F. The summed E-state index contributed by atoms with van der Waals surface area (Å²) < 4.78 is 95.3. The Kier molecular flexibility index (Phi) is 8.98. The van der Waals surface area contributed by atoms with E-state index in [0.29, 0.717) is 0 Å². The summed E-state index contributed by atoms with van der Waals surface area (Å²) in [5.41, 5.74) is 0. The first-order chi connectivity index (χ1) is 12.5. The van der Waals surface area contributed by atoms with Crippen molar-refractivity contribution in [3.8, 4) is 0 Å². The summed E-state index contributed by atoms with van der Waals surface area (Å²) in [7, 11) is 1.02. The normalized spacial score (nSPS) is 13.7. The van der Waals surface area contributed by atoms with Gasteiger partial charge in [0.25, 0.3) is 0 Å². The van der Waals surface area contributed by atoms with Crippen LogP contribution in [0.1, 0.15) is 20.3 Å². The summed E-state index contributed by atoms with van der Waals surface area (Å²) in [6, 6.07) is -1.18. The van der Waals surface area contributed by atoms with Crippen molar-refractivity contribution in [3.63, 3.8) is 0 Å². The summed E-state index contributed by atoms with van der Waals surface area (Å²) >= 11 is 0. The second-order valence-electron chi connectivity index (χ2n) is 5.97. The molecule has 0 aromatic heterocycles. The number of nitrogens with one attached hydrogen (secondary N) is 2. The minimum atomic E-state index is -6.55. The largest absolute Gasteiger partial charge is 0.460 e. The number of amides is 2. The van der Waals surface area contributed by atoms with Gasteiger partial charge in [0.1, 0.15) is 12.6 Å². The predicted molar refractivity (Wildman–Crippen MR) is 78.7 cm³/mol. The molecule has 0 bridgehead atoms. The quantitative estimate of drug-likeness (QED) is 0.434. The van der Waals surface area contributed by atoms with Crippen LogP contribution in [0.4, 0.5) is 35.5 Å². The van der Waals surface area contributed by atoms with E-state index in [1.54, 1.807) is 13.8 Å². The first-order valence-electron chi connectivity index (χ1n) is 7.65. The van der Waals surface area contributed by atoms with E-state index in [0.717, 1.165) is 7.11 Å². The highest BCUT2D eigenvalue weighted by Gasteiger charge is 2.73. The van der Waals surface area contributed by atoms with Crippen LogP contribution in [0.3, 0.4) is 0 Å². The molecule has 0 rings (SSSR count). The monoisotopic (exact) mass is 428 g/mol. The van der Waals surface area contributed by atoms with E-state index in [2.05, 4.69) is 14.8 Å². The number of alkyl carbamates (subject to hydrolysis) is 1. The highest BCUT2D eigenvalue weighted by Crippen LogP contribution is 2.46. The number of carbonyl (C=O) groups is 3. The van der Waals surface area contributed by atoms with Crippen molar-refractivity contribution in [1.82, 2.24) is 10.6 Å². The molecule has 0 spiro atoms. The molecule has 2 N–H and O–H groups in total. The predicted octanol–water partition coefficient (Wildman–Crippen LogP) is 2.25. The molecule has 1 unspecified atom stereocenters. The molecule has 0 radical (unpaired) electrons. The van der Waals surface area contributed by atoms with E-state index < -0.39 is 55.2 Å². The molecular formula is C14H19F7N2O5. The molecule has 7 nitrogen and oxygen atoms in total. The van der Waals surface area contributed by atoms with E-state index in [1.807, 2.05) is 5.32 Å². The van der Waals surface area contributed by atoms with E-state index >= 15 is 0 Å². The molecule has 0 saturated carbocycles. The van der Waals surface area contributed by atoms with Gasteiger partial charge in [0, 0.05) is 0 Å². The van der Waals surface area contributed by atoms with Gasteiger partial charge in [0.15, 0.2) is 6.61 Å². The third-order valence-corrected chi connectivity index (χ3v) is 3.14. The molecule has 0 aliphatic rings. The number of ether oxygens (including phenoxy) is 2. The smallest absolute Gasteiger partial charge is 0.458 e. The van der Waals surface area contributed by atoms with Crippen molar-refractivity contribution >= 4 is 18.0 Å². The molecule has 164 valence electrons. The van der Waals surface area contributed by atoms with Gasteiger partial charge in [-0.3, -0.25) is 9.59 Å². The van der Waals surface area contributed by atoms with Gasteiger partial charge in [-0.2, -0.15) is 30.7 Å². The minimum Gasteiger partial charge on any atom is -0.458 e. The molecule has 0 aliphatic heterocycles. The molecule has 0 heterocycles. The van der Waals surface area contributed by atoms with Crippen molar-refractivity contribution in [2.24, 2.45) is 5.92 Å². The Morgan fingerprint density at radius 2 is 1.54 bits per heavy atom. The zero-order chi connectivity index (χ0) is 22.3. The third kappa shape index (κ3) is 7.38. The Labute approximate surface area is 154 Å². The maximum atomic E-state index is 13.0. The second-order valence-corrected chi connectivity index (χ2v) is 5.97. The van der Waals surface area contributed by atoms with Gasteiger partial charge in [-0.1, -0.05) is 13.8 Å². The highest BCUT2D eigenvalue weighted by atomic mass is 19.4. The third-order valence-electron chi connectivity index (χ3n) is 3.14. The average Bonchev–Trinajstić information content (AvgIpc) is 2.55. The molecular weight excluding hydrogens is 409 g/mol. The van der Waals surface area contributed by atoms with Gasteiger partial charge in [0.05, 0.1) is 7.11 Å². The molecule has 2 amide bonds. The number of alkyl halides is 7. The molecule has 0 saturated heterocycles. The maximum Gasteiger partial charge on any atom is 0.460 e. The van der Waals surface area contributed by atoms with Crippen LogP contribution in [-0.4, -0.2) is 62.3 Å². The van der Waals surface area contributed by atoms with E-state index in [4.69, 9.17) is 0 Å². The molecule has 14 heteroatoms. The Bertz CT molecular complexity index is 567. The van der Waals surface area contributed by atoms with Crippen LogP contribution in [-0.2, 0) is 19.1 Å². The standard InChI is InChI=1S/C14H19F7N2O5/c1-7(2)4-8(23-11(26)27-3)10(25)22-5-9(24)28-6-12(15,16)13(17,18)14(19,20)21/h7-8H,4-6H2,1-3H3,(H,22,25)(H,23,26). The van der Waals surface area contributed by atoms with Crippen molar-refractivity contribution in [2.75, 3.05) is 20.3 Å². The van der Waals surface area contributed by atoms with E-state index in [-0.39, 0.29) is 12.3 Å². The Morgan fingerprint density at radius 1 is 1.00 bits per heavy atom. The molecule has 1 atom stereocenters. The molecule has 28 heavy (non-hydrogen) atoms. The first kappa shape index (κ1) is 25.7.